The van der Waals surface area contributed by atoms with E-state index in [1.165, 1.54) is 14.0 Å². The fourth-order valence-electron chi connectivity index (χ4n) is 0. The summed E-state index contributed by atoms with van der Waals surface area (Å²) in [5.74, 6) is -0.245. The lowest BCUT2D eigenvalue weighted by Gasteiger charge is -1.80. The van der Waals surface area contributed by atoms with Crippen molar-refractivity contribution in [1.82, 2.24) is 0 Å². The molecule has 0 atom stereocenters. The molecule has 0 saturated heterocycles. The summed E-state index contributed by atoms with van der Waals surface area (Å²) in [6.45, 7) is 1.36. The summed E-state index contributed by atoms with van der Waals surface area (Å²) in [4.78, 5) is 9.59. The Labute approximate surface area is 42.9 Å². The van der Waals surface area contributed by atoms with Gasteiger partial charge in [0.1, 0.15) is 0 Å². The van der Waals surface area contributed by atoms with Crippen molar-refractivity contribution in [3.63, 3.8) is 0 Å². The predicted molar refractivity (Wildman–Crippen MR) is 25.8 cm³/mol. The van der Waals surface area contributed by atoms with Gasteiger partial charge in [-0.3, -0.25) is 4.79 Å². The Morgan fingerprint density at radius 3 is 1.71 bits per heavy atom. The van der Waals surface area contributed by atoms with E-state index >= 15 is 0 Å². The van der Waals surface area contributed by atoms with E-state index in [2.05, 4.69) is 4.74 Å². The second kappa shape index (κ2) is 9.06. The van der Waals surface area contributed by atoms with Gasteiger partial charge < -0.3 is 9.84 Å². The van der Waals surface area contributed by atoms with Crippen molar-refractivity contribution in [2.24, 2.45) is 0 Å². The highest BCUT2D eigenvalue weighted by atomic mass is 16.5. The molecule has 0 spiro atoms. The van der Waals surface area contributed by atoms with Gasteiger partial charge >= 0.3 is 5.97 Å². The number of methoxy groups -OCH3 is 1. The number of ether oxygens (including phenoxy) is 1. The summed E-state index contributed by atoms with van der Waals surface area (Å²) in [6.07, 6.45) is 0. The van der Waals surface area contributed by atoms with Gasteiger partial charge in [-0.05, 0) is 0 Å². The lowest BCUT2D eigenvalue weighted by Crippen LogP contribution is -1.88. The number of aliphatic hydroxyl groups is 1. The normalized spacial score (nSPS) is 5.71. The van der Waals surface area contributed by atoms with Crippen LogP contribution in [0, 0.1) is 0 Å². The van der Waals surface area contributed by atoms with Crippen LogP contribution in [0.5, 0.6) is 0 Å². The van der Waals surface area contributed by atoms with Gasteiger partial charge in [0.05, 0.1) is 7.11 Å². The van der Waals surface area contributed by atoms with Crippen LogP contribution in [0.2, 0.25) is 0 Å². The number of hydrogen-bond acceptors (Lipinski definition) is 3. The molecule has 0 aliphatic carbocycles. The first-order chi connectivity index (χ1) is 3.27. The molecule has 0 fully saturated rings. The molecule has 0 aliphatic rings. The summed E-state index contributed by atoms with van der Waals surface area (Å²) in [7, 11) is 2.35. The monoisotopic (exact) mass is 106 g/mol. The maximum Gasteiger partial charge on any atom is 0.302 e. The van der Waals surface area contributed by atoms with Crippen molar-refractivity contribution in [1.29, 1.82) is 0 Å². The minimum Gasteiger partial charge on any atom is -0.469 e. The first-order valence-electron chi connectivity index (χ1n) is 1.76. The molecule has 3 heteroatoms. The molecule has 0 aliphatic heterocycles. The SMILES string of the molecule is CO.COC(C)=O. The second-order valence-electron chi connectivity index (χ2n) is 0.696. The number of carbonyl (C=O) groups excluding carboxylic acids is 1. The number of hydrogen-bond donors (Lipinski definition) is 1. The molecule has 0 heterocycles. The summed E-state index contributed by atoms with van der Waals surface area (Å²) >= 11 is 0. The summed E-state index contributed by atoms with van der Waals surface area (Å²) in [5, 5.41) is 7.00. The molecule has 0 saturated carbocycles. The number of carbonyl (C=O) groups is 1. The topological polar surface area (TPSA) is 46.5 Å². The maximum atomic E-state index is 9.59. The Hall–Kier alpha value is -0.570. The van der Waals surface area contributed by atoms with E-state index in [1.807, 2.05) is 0 Å². The van der Waals surface area contributed by atoms with Crippen molar-refractivity contribution in [3.8, 4) is 0 Å². The summed E-state index contributed by atoms with van der Waals surface area (Å²) < 4.78 is 4.11. The molecule has 3 nitrogen and oxygen atoms in total. The van der Waals surface area contributed by atoms with Gasteiger partial charge in [0.15, 0.2) is 0 Å². The Morgan fingerprint density at radius 2 is 1.71 bits per heavy atom. The lowest BCUT2D eigenvalue weighted by atomic mass is 10.8. The molecule has 44 valence electrons. The fraction of sp³-hybridized carbons (Fsp3) is 0.750. The average Bonchev–Trinajstić information content (AvgIpc) is 1.73. The van der Waals surface area contributed by atoms with E-state index in [1.54, 1.807) is 0 Å². The molecule has 0 aromatic heterocycles. The quantitative estimate of drug-likeness (QED) is 0.434. The van der Waals surface area contributed by atoms with E-state index in [0.717, 1.165) is 7.11 Å². The first-order valence-corrected chi connectivity index (χ1v) is 1.76. The van der Waals surface area contributed by atoms with Crippen LogP contribution >= 0.6 is 0 Å². The molecule has 0 aromatic rings. The largest absolute Gasteiger partial charge is 0.469 e. The van der Waals surface area contributed by atoms with Gasteiger partial charge in [0, 0.05) is 14.0 Å². The van der Waals surface area contributed by atoms with Gasteiger partial charge in [0.2, 0.25) is 0 Å². The Balaban J connectivity index is 0. The van der Waals surface area contributed by atoms with Crippen LogP contribution < -0.4 is 0 Å². The van der Waals surface area contributed by atoms with Crippen molar-refractivity contribution in [2.45, 2.75) is 6.92 Å². The van der Waals surface area contributed by atoms with Crippen LogP contribution in [0.15, 0.2) is 0 Å². The smallest absolute Gasteiger partial charge is 0.302 e. The van der Waals surface area contributed by atoms with Crippen LogP contribution in [-0.2, 0) is 9.53 Å². The predicted octanol–water partition coefficient (Wildman–Crippen LogP) is -0.212. The highest BCUT2D eigenvalue weighted by Gasteiger charge is 1.75. The van der Waals surface area contributed by atoms with E-state index in [9.17, 15) is 4.79 Å². The second-order valence-corrected chi connectivity index (χ2v) is 0.696. The maximum absolute atomic E-state index is 9.59. The Morgan fingerprint density at radius 1 is 1.57 bits per heavy atom. The van der Waals surface area contributed by atoms with E-state index in [-0.39, 0.29) is 5.97 Å². The fourth-order valence-corrected chi connectivity index (χ4v) is 0. The number of rotatable bonds is 0. The third-order valence-corrected chi connectivity index (χ3v) is 0.287. The van der Waals surface area contributed by atoms with E-state index < -0.39 is 0 Å². The molecule has 0 radical (unpaired) electrons. The zero-order valence-electron chi connectivity index (χ0n) is 4.76. The standard InChI is InChI=1S/C3H6O2.CH4O/c1-3(4)5-2;1-2/h1-2H3;2H,1H3. The van der Waals surface area contributed by atoms with E-state index in [4.69, 9.17) is 5.11 Å². The van der Waals surface area contributed by atoms with Crippen molar-refractivity contribution < 1.29 is 14.6 Å². The van der Waals surface area contributed by atoms with Gasteiger partial charge in [-0.1, -0.05) is 0 Å². The van der Waals surface area contributed by atoms with Crippen LogP contribution in [-0.4, -0.2) is 25.3 Å². The van der Waals surface area contributed by atoms with Crippen molar-refractivity contribution >= 4 is 5.97 Å². The molecule has 7 heavy (non-hydrogen) atoms. The van der Waals surface area contributed by atoms with E-state index in [0.29, 0.717) is 0 Å². The third kappa shape index (κ3) is 31.2. The highest BCUT2D eigenvalue weighted by Crippen LogP contribution is 1.60. The number of aliphatic hydroxyl groups excluding tert-OH is 1. The van der Waals surface area contributed by atoms with Gasteiger partial charge in [-0.25, -0.2) is 0 Å². The van der Waals surface area contributed by atoms with Crippen LogP contribution in [0.25, 0.3) is 0 Å². The first kappa shape index (κ1) is 9.66. The molecular formula is C4H10O3. The molecule has 0 bridgehead atoms. The Kier molecular flexibility index (Phi) is 12.5. The van der Waals surface area contributed by atoms with Crippen LogP contribution in [0.3, 0.4) is 0 Å². The van der Waals surface area contributed by atoms with Gasteiger partial charge in [-0.15, -0.1) is 0 Å². The molecule has 0 rings (SSSR count). The van der Waals surface area contributed by atoms with Crippen molar-refractivity contribution in [3.05, 3.63) is 0 Å². The molecule has 0 aromatic carbocycles. The third-order valence-electron chi connectivity index (χ3n) is 0.287. The average molecular weight is 106 g/mol. The van der Waals surface area contributed by atoms with Gasteiger partial charge in [-0.2, -0.15) is 0 Å². The molecule has 0 unspecified atom stereocenters. The molecule has 0 amide bonds. The van der Waals surface area contributed by atoms with Crippen LogP contribution in [0.4, 0.5) is 0 Å². The van der Waals surface area contributed by atoms with Crippen LogP contribution in [0.1, 0.15) is 6.92 Å². The van der Waals surface area contributed by atoms with Gasteiger partial charge in [0.25, 0.3) is 0 Å². The van der Waals surface area contributed by atoms with Crippen molar-refractivity contribution in [2.75, 3.05) is 14.2 Å². The zero-order valence-corrected chi connectivity index (χ0v) is 4.76. The summed E-state index contributed by atoms with van der Waals surface area (Å²) in [5.41, 5.74) is 0. The zero-order chi connectivity index (χ0) is 6.28. The Bertz CT molecular complexity index is 42.2. The lowest BCUT2D eigenvalue weighted by molar-refractivity contribution is -0.137. The molecule has 1 N–H and O–H groups in total. The highest BCUT2D eigenvalue weighted by molar-refractivity contribution is 5.65. The minimum atomic E-state index is -0.245. The molecular weight excluding hydrogens is 96.0 g/mol. The minimum absolute atomic E-state index is 0.245. The number of esters is 1. The summed E-state index contributed by atoms with van der Waals surface area (Å²) in [6, 6.07) is 0.